The number of hydrogen-bond donors (Lipinski definition) is 1. The molecule has 3 atom stereocenters. The molecule has 2 nitrogen and oxygen atoms in total. The quantitative estimate of drug-likeness (QED) is 0.908. The Morgan fingerprint density at radius 1 is 1.50 bits per heavy atom. The van der Waals surface area contributed by atoms with Gasteiger partial charge in [0.2, 0.25) is 0 Å². The van der Waals surface area contributed by atoms with Gasteiger partial charge >= 0.3 is 0 Å². The van der Waals surface area contributed by atoms with Crippen molar-refractivity contribution in [1.29, 1.82) is 0 Å². The van der Waals surface area contributed by atoms with Gasteiger partial charge in [0.1, 0.15) is 5.82 Å². The third kappa shape index (κ3) is 3.22. The Kier molecular flexibility index (Phi) is 4.60. The van der Waals surface area contributed by atoms with Gasteiger partial charge in [0, 0.05) is 11.1 Å². The Morgan fingerprint density at radius 3 is 2.83 bits per heavy atom. The van der Waals surface area contributed by atoms with Crippen LogP contribution in [-0.2, 0) is 11.2 Å². The first-order valence-corrected chi connectivity index (χ1v) is 6.74. The van der Waals surface area contributed by atoms with Gasteiger partial charge in [-0.2, -0.15) is 0 Å². The van der Waals surface area contributed by atoms with Crippen molar-refractivity contribution in [2.45, 2.75) is 44.4 Å². The zero-order chi connectivity index (χ0) is 13.1. The van der Waals surface area contributed by atoms with Crippen LogP contribution >= 0.6 is 11.6 Å². The van der Waals surface area contributed by atoms with Gasteiger partial charge in [0.25, 0.3) is 0 Å². The van der Waals surface area contributed by atoms with Gasteiger partial charge in [-0.3, -0.25) is 0 Å². The van der Waals surface area contributed by atoms with Crippen molar-refractivity contribution in [3.63, 3.8) is 0 Å². The minimum Gasteiger partial charge on any atom is -0.374 e. The Balaban J connectivity index is 2.05. The van der Waals surface area contributed by atoms with Gasteiger partial charge < -0.3 is 10.1 Å². The van der Waals surface area contributed by atoms with E-state index in [0.717, 1.165) is 24.8 Å². The van der Waals surface area contributed by atoms with Crippen LogP contribution in [0.3, 0.4) is 0 Å². The summed E-state index contributed by atoms with van der Waals surface area (Å²) in [5.74, 6) is -0.296. The summed E-state index contributed by atoms with van der Waals surface area (Å²) in [4.78, 5) is 0. The van der Waals surface area contributed by atoms with Crippen molar-refractivity contribution in [2.75, 3.05) is 7.05 Å². The summed E-state index contributed by atoms with van der Waals surface area (Å²) in [5, 5.41) is 3.76. The average molecular weight is 272 g/mol. The summed E-state index contributed by atoms with van der Waals surface area (Å²) in [6, 6.07) is 4.78. The third-order valence-electron chi connectivity index (χ3n) is 3.54. The summed E-state index contributed by atoms with van der Waals surface area (Å²) < 4.78 is 18.9. The van der Waals surface area contributed by atoms with Crippen LogP contribution < -0.4 is 5.32 Å². The molecule has 1 aliphatic heterocycles. The van der Waals surface area contributed by atoms with E-state index in [-0.39, 0.29) is 18.0 Å². The Labute approximate surface area is 112 Å². The fourth-order valence-corrected chi connectivity index (χ4v) is 2.72. The summed E-state index contributed by atoms with van der Waals surface area (Å²) in [6.45, 7) is 2.09. The van der Waals surface area contributed by atoms with Gasteiger partial charge in [-0.15, -0.1) is 0 Å². The molecule has 1 fully saturated rings. The van der Waals surface area contributed by atoms with E-state index in [1.807, 2.05) is 7.05 Å². The fraction of sp³-hybridized carbons (Fsp3) is 0.571. The van der Waals surface area contributed by atoms with Gasteiger partial charge in [-0.05, 0) is 50.9 Å². The van der Waals surface area contributed by atoms with E-state index in [2.05, 4.69) is 12.2 Å². The lowest BCUT2D eigenvalue weighted by Crippen LogP contribution is -2.39. The highest BCUT2D eigenvalue weighted by Crippen LogP contribution is 2.25. The first kappa shape index (κ1) is 13.8. The second-order valence-electron chi connectivity index (χ2n) is 4.90. The summed E-state index contributed by atoms with van der Waals surface area (Å²) in [6.07, 6.45) is 3.46. The van der Waals surface area contributed by atoms with E-state index in [1.54, 1.807) is 6.07 Å². The predicted octanol–water partition coefficient (Wildman–Crippen LogP) is 3.18. The highest BCUT2D eigenvalue weighted by atomic mass is 35.5. The number of likely N-dealkylation sites (N-methyl/N-ethyl adjacent to an activating group) is 1. The van der Waals surface area contributed by atoms with Gasteiger partial charge in [0.15, 0.2) is 0 Å². The van der Waals surface area contributed by atoms with Crippen LogP contribution in [0.5, 0.6) is 0 Å². The van der Waals surface area contributed by atoms with Crippen LogP contribution in [0.25, 0.3) is 0 Å². The Morgan fingerprint density at radius 2 is 2.28 bits per heavy atom. The first-order valence-electron chi connectivity index (χ1n) is 6.37. The first-order chi connectivity index (χ1) is 8.60. The molecule has 1 aliphatic rings. The molecule has 1 N–H and O–H groups in total. The lowest BCUT2D eigenvalue weighted by Gasteiger charge is -2.23. The van der Waals surface area contributed by atoms with Crippen molar-refractivity contribution < 1.29 is 9.13 Å². The Bertz CT molecular complexity index is 413. The van der Waals surface area contributed by atoms with Gasteiger partial charge in [0.05, 0.1) is 12.2 Å². The number of ether oxygens (including phenoxy) is 1. The number of halogens is 2. The minimum atomic E-state index is -0.296. The molecule has 1 saturated heterocycles. The van der Waals surface area contributed by atoms with Gasteiger partial charge in [-0.25, -0.2) is 4.39 Å². The smallest absolute Gasteiger partial charge is 0.124 e. The highest BCUT2D eigenvalue weighted by molar-refractivity contribution is 6.31. The topological polar surface area (TPSA) is 21.3 Å². The molecule has 0 aromatic heterocycles. The highest BCUT2D eigenvalue weighted by Gasteiger charge is 2.29. The van der Waals surface area contributed by atoms with Crippen molar-refractivity contribution in [3.05, 3.63) is 34.6 Å². The molecule has 18 heavy (non-hydrogen) atoms. The third-order valence-corrected chi connectivity index (χ3v) is 3.89. The van der Waals surface area contributed by atoms with Gasteiger partial charge in [-0.1, -0.05) is 17.7 Å². The predicted molar refractivity (Wildman–Crippen MR) is 71.5 cm³/mol. The van der Waals surface area contributed by atoms with E-state index in [1.165, 1.54) is 12.1 Å². The van der Waals surface area contributed by atoms with Crippen molar-refractivity contribution in [2.24, 2.45) is 0 Å². The second kappa shape index (κ2) is 6.00. The van der Waals surface area contributed by atoms with E-state index >= 15 is 0 Å². The van der Waals surface area contributed by atoms with E-state index in [9.17, 15) is 4.39 Å². The molecule has 1 heterocycles. The molecular weight excluding hydrogens is 253 g/mol. The molecule has 0 spiro atoms. The van der Waals surface area contributed by atoms with Crippen LogP contribution in [0.2, 0.25) is 5.02 Å². The van der Waals surface area contributed by atoms with Crippen LogP contribution in [-0.4, -0.2) is 25.3 Å². The molecule has 0 bridgehead atoms. The maximum absolute atomic E-state index is 13.0. The fourth-order valence-electron chi connectivity index (χ4n) is 2.47. The average Bonchev–Trinajstić information content (AvgIpc) is 2.75. The molecular formula is C14H19ClFNO. The molecule has 0 radical (unpaired) electrons. The van der Waals surface area contributed by atoms with Crippen LogP contribution in [0.4, 0.5) is 4.39 Å². The number of nitrogens with one attached hydrogen (secondary N) is 1. The molecule has 3 unspecified atom stereocenters. The normalized spacial score (nSPS) is 25.3. The molecule has 0 amide bonds. The van der Waals surface area contributed by atoms with Crippen molar-refractivity contribution >= 4 is 11.6 Å². The second-order valence-corrected chi connectivity index (χ2v) is 5.30. The molecule has 0 saturated carbocycles. The summed E-state index contributed by atoms with van der Waals surface area (Å²) in [5.41, 5.74) is 0.959. The molecule has 1 aromatic carbocycles. The molecule has 100 valence electrons. The monoisotopic (exact) mass is 271 g/mol. The van der Waals surface area contributed by atoms with E-state index in [0.29, 0.717) is 11.1 Å². The standard InChI is InChI=1S/C14H19ClFNO/c1-9-3-6-14(18-9)13(17-2)7-10-4-5-11(16)8-12(10)15/h4-5,8-9,13-14,17H,3,6-7H2,1-2H3. The van der Waals surface area contributed by atoms with Crippen molar-refractivity contribution in [1.82, 2.24) is 5.32 Å². The number of hydrogen-bond acceptors (Lipinski definition) is 2. The number of rotatable bonds is 4. The maximum atomic E-state index is 13.0. The van der Waals surface area contributed by atoms with E-state index in [4.69, 9.17) is 16.3 Å². The van der Waals surface area contributed by atoms with Crippen LogP contribution in [0.1, 0.15) is 25.3 Å². The zero-order valence-electron chi connectivity index (χ0n) is 10.7. The SMILES string of the molecule is CNC(Cc1ccc(F)cc1Cl)C1CCC(C)O1. The van der Waals surface area contributed by atoms with Crippen molar-refractivity contribution in [3.8, 4) is 0 Å². The summed E-state index contributed by atoms with van der Waals surface area (Å²) in [7, 11) is 1.93. The Hall–Kier alpha value is -0.640. The molecule has 1 aromatic rings. The van der Waals surface area contributed by atoms with E-state index < -0.39 is 0 Å². The zero-order valence-corrected chi connectivity index (χ0v) is 11.5. The lowest BCUT2D eigenvalue weighted by molar-refractivity contribution is 0.0337. The summed E-state index contributed by atoms with van der Waals surface area (Å²) >= 11 is 6.06. The maximum Gasteiger partial charge on any atom is 0.124 e. The largest absolute Gasteiger partial charge is 0.374 e. The number of benzene rings is 1. The molecule has 2 rings (SSSR count). The molecule has 4 heteroatoms. The lowest BCUT2D eigenvalue weighted by atomic mass is 9.99. The van der Waals surface area contributed by atoms with Crippen LogP contribution in [0.15, 0.2) is 18.2 Å². The van der Waals surface area contributed by atoms with Crippen LogP contribution in [0, 0.1) is 5.82 Å². The minimum absolute atomic E-state index is 0.214. The molecule has 0 aliphatic carbocycles.